The van der Waals surface area contributed by atoms with Gasteiger partial charge < -0.3 is 20.4 Å². The number of hydrogen-bond acceptors (Lipinski definition) is 8. The molecule has 0 saturated carbocycles. The van der Waals surface area contributed by atoms with E-state index in [9.17, 15) is 28.8 Å². The van der Waals surface area contributed by atoms with Gasteiger partial charge in [-0.2, -0.15) is 0 Å². The summed E-state index contributed by atoms with van der Waals surface area (Å²) < 4.78 is 0. The summed E-state index contributed by atoms with van der Waals surface area (Å²) in [7, 11) is 3.96. The average Bonchev–Trinajstić information content (AvgIpc) is 3.93. The molecule has 2 aliphatic carbocycles. The Balaban J connectivity index is 0.941. The van der Waals surface area contributed by atoms with Gasteiger partial charge in [-0.15, -0.1) is 0 Å². The van der Waals surface area contributed by atoms with Gasteiger partial charge in [-0.1, -0.05) is 47.6 Å². The molecule has 6 amide bonds. The van der Waals surface area contributed by atoms with Gasteiger partial charge in [0, 0.05) is 72.0 Å². The summed E-state index contributed by atoms with van der Waals surface area (Å²) in [5, 5.41) is 6.73. The Labute approximate surface area is 329 Å². The Kier molecular flexibility index (Phi) is 13.8. The monoisotopic (exact) mass is 762 g/mol. The van der Waals surface area contributed by atoms with E-state index >= 15 is 0 Å². The third-order valence-corrected chi connectivity index (χ3v) is 11.0. The number of carbonyl (C=O) groups excluding carboxylic acids is 6. The minimum Gasteiger partial charge on any atom is -0.356 e. The predicted molar refractivity (Wildman–Crippen MR) is 216 cm³/mol. The maximum absolute atomic E-state index is 13.7. The van der Waals surface area contributed by atoms with Crippen LogP contribution in [0.1, 0.15) is 106 Å². The van der Waals surface area contributed by atoms with Gasteiger partial charge in [0.2, 0.25) is 11.8 Å². The number of nitrogens with one attached hydrogen (secondary N) is 2. The highest BCUT2D eigenvalue weighted by atomic mass is 16.2. The largest absolute Gasteiger partial charge is 0.356 e. The Morgan fingerprint density at radius 2 is 0.929 bits per heavy atom. The highest BCUT2D eigenvalue weighted by Gasteiger charge is 2.39. The number of hydrogen-bond donors (Lipinski definition) is 2. The van der Waals surface area contributed by atoms with Crippen LogP contribution in [-0.2, 0) is 9.59 Å². The minimum absolute atomic E-state index is 0.0566. The van der Waals surface area contributed by atoms with Crippen molar-refractivity contribution in [3.05, 3.63) is 94.1 Å². The molecule has 0 saturated heterocycles. The SMILES string of the molecule is CN(CCCNC(=O)CCC1=CC=CC1)CCCN1C(=O)c2ccc3c4c(ccc(c24)C1=O)C(=O)N(CCCN(C)CCCNC(=O)CCC1=CC=CC1)C3=O. The lowest BCUT2D eigenvalue weighted by atomic mass is 9.86. The van der Waals surface area contributed by atoms with Gasteiger partial charge >= 0.3 is 0 Å². The van der Waals surface area contributed by atoms with Gasteiger partial charge in [-0.3, -0.25) is 38.6 Å². The maximum atomic E-state index is 13.7. The molecule has 0 radical (unpaired) electrons. The molecular formula is C44H54N6O6. The zero-order chi connectivity index (χ0) is 39.6. The Hall–Kier alpha value is -5.20. The molecule has 56 heavy (non-hydrogen) atoms. The van der Waals surface area contributed by atoms with Crippen LogP contribution in [0.15, 0.2) is 71.9 Å². The summed E-state index contributed by atoms with van der Waals surface area (Å²) in [4.78, 5) is 85.9. The number of nitrogens with zero attached hydrogens (tertiary/aromatic N) is 4. The first-order chi connectivity index (χ1) is 27.1. The topological polar surface area (TPSA) is 139 Å². The van der Waals surface area contributed by atoms with E-state index in [4.69, 9.17) is 0 Å². The van der Waals surface area contributed by atoms with Crippen molar-refractivity contribution in [2.75, 3.05) is 66.5 Å². The third-order valence-electron chi connectivity index (χ3n) is 11.0. The number of amides is 6. The first-order valence-corrected chi connectivity index (χ1v) is 20.0. The molecule has 2 N–H and O–H groups in total. The van der Waals surface area contributed by atoms with E-state index in [1.807, 2.05) is 26.2 Å². The number of carbonyl (C=O) groups is 6. The van der Waals surface area contributed by atoms with E-state index in [1.54, 1.807) is 24.3 Å². The lowest BCUT2D eigenvalue weighted by Gasteiger charge is -2.32. The average molecular weight is 763 g/mol. The van der Waals surface area contributed by atoms with Crippen LogP contribution in [0.25, 0.3) is 10.8 Å². The van der Waals surface area contributed by atoms with Crippen LogP contribution >= 0.6 is 0 Å². The van der Waals surface area contributed by atoms with Crippen LogP contribution in [0.3, 0.4) is 0 Å². The van der Waals surface area contributed by atoms with E-state index in [0.29, 0.717) is 84.9 Å². The quantitative estimate of drug-likeness (QED) is 0.126. The minimum atomic E-state index is -0.426. The van der Waals surface area contributed by atoms with Gasteiger partial charge in [-0.25, -0.2) is 0 Å². The molecule has 0 atom stereocenters. The molecule has 12 heteroatoms. The van der Waals surface area contributed by atoms with Gasteiger partial charge in [0.25, 0.3) is 23.6 Å². The molecular weight excluding hydrogens is 709 g/mol. The molecule has 0 unspecified atom stereocenters. The number of rotatable bonds is 22. The molecule has 2 aliphatic heterocycles. The fraction of sp³-hybridized carbons (Fsp3) is 0.455. The summed E-state index contributed by atoms with van der Waals surface area (Å²) in [6.07, 6.45) is 19.5. The fourth-order valence-corrected chi connectivity index (χ4v) is 7.83. The zero-order valence-electron chi connectivity index (χ0n) is 32.7. The molecule has 0 aromatic heterocycles. The summed E-state index contributed by atoms with van der Waals surface area (Å²) in [5.74, 6) is -1.59. The van der Waals surface area contributed by atoms with Gasteiger partial charge in [0.1, 0.15) is 0 Å². The molecule has 296 valence electrons. The van der Waals surface area contributed by atoms with E-state index < -0.39 is 23.6 Å². The zero-order valence-corrected chi connectivity index (χ0v) is 32.7. The van der Waals surface area contributed by atoms with Crippen LogP contribution in [0.4, 0.5) is 0 Å². The molecule has 12 nitrogen and oxygen atoms in total. The molecule has 4 aliphatic rings. The fourth-order valence-electron chi connectivity index (χ4n) is 7.83. The molecule has 0 bridgehead atoms. The van der Waals surface area contributed by atoms with E-state index in [1.165, 1.54) is 20.9 Å². The van der Waals surface area contributed by atoms with Crippen molar-refractivity contribution in [2.24, 2.45) is 0 Å². The van der Waals surface area contributed by atoms with E-state index in [0.717, 1.165) is 51.6 Å². The van der Waals surface area contributed by atoms with Crippen molar-refractivity contribution in [2.45, 2.75) is 64.2 Å². The second-order valence-electron chi connectivity index (χ2n) is 15.2. The lowest BCUT2D eigenvalue weighted by molar-refractivity contribution is -0.121. The van der Waals surface area contributed by atoms with Crippen molar-refractivity contribution < 1.29 is 28.8 Å². The van der Waals surface area contributed by atoms with Crippen LogP contribution in [0.5, 0.6) is 0 Å². The van der Waals surface area contributed by atoms with Crippen molar-refractivity contribution >= 4 is 46.2 Å². The number of benzene rings is 2. The van der Waals surface area contributed by atoms with Crippen LogP contribution in [-0.4, -0.2) is 121 Å². The molecule has 0 spiro atoms. The first-order valence-electron chi connectivity index (χ1n) is 20.0. The summed E-state index contributed by atoms with van der Waals surface area (Å²) >= 11 is 0. The lowest BCUT2D eigenvalue weighted by Crippen LogP contribution is -2.44. The van der Waals surface area contributed by atoms with Crippen molar-refractivity contribution in [1.82, 2.24) is 30.2 Å². The van der Waals surface area contributed by atoms with Crippen LogP contribution in [0, 0.1) is 0 Å². The highest BCUT2D eigenvalue weighted by Crippen LogP contribution is 2.38. The van der Waals surface area contributed by atoms with Gasteiger partial charge in [0.05, 0.1) is 0 Å². The molecule has 2 aromatic carbocycles. The Morgan fingerprint density at radius 1 is 0.571 bits per heavy atom. The second kappa shape index (κ2) is 19.1. The van der Waals surface area contributed by atoms with E-state index in [2.05, 4.69) is 44.7 Å². The van der Waals surface area contributed by atoms with Crippen LogP contribution < -0.4 is 10.6 Å². The van der Waals surface area contributed by atoms with Gasteiger partial charge in [0.15, 0.2) is 0 Å². The van der Waals surface area contributed by atoms with Crippen LogP contribution in [0.2, 0.25) is 0 Å². The predicted octanol–water partition coefficient (Wildman–Crippen LogP) is 5.02. The normalized spacial score (nSPS) is 15.9. The Bertz CT molecular complexity index is 1780. The second-order valence-corrected chi connectivity index (χ2v) is 15.2. The first kappa shape index (κ1) is 40.5. The molecule has 2 heterocycles. The summed E-state index contributed by atoms with van der Waals surface area (Å²) in [6, 6.07) is 6.43. The smallest absolute Gasteiger partial charge is 0.261 e. The number of imide groups is 2. The van der Waals surface area contributed by atoms with E-state index in [-0.39, 0.29) is 24.9 Å². The summed E-state index contributed by atoms with van der Waals surface area (Å²) in [5.41, 5.74) is 3.85. The van der Waals surface area contributed by atoms with Crippen molar-refractivity contribution in [3.63, 3.8) is 0 Å². The maximum Gasteiger partial charge on any atom is 0.261 e. The van der Waals surface area contributed by atoms with Gasteiger partial charge in [-0.05, 0) is 116 Å². The molecule has 6 rings (SSSR count). The number of allylic oxidation sites excluding steroid dienone is 8. The highest BCUT2D eigenvalue weighted by molar-refractivity contribution is 6.33. The molecule has 2 aromatic rings. The van der Waals surface area contributed by atoms with Crippen molar-refractivity contribution in [3.8, 4) is 0 Å². The van der Waals surface area contributed by atoms with Crippen molar-refractivity contribution in [1.29, 1.82) is 0 Å². The summed E-state index contributed by atoms with van der Waals surface area (Å²) in [6.45, 7) is 4.51. The third kappa shape index (κ3) is 9.78. The molecule has 0 fully saturated rings. The standard InChI is InChI=1S/C44H54N6O6/c1-47(25-7-23-45-37(51)21-15-31-11-3-4-12-31)27-9-29-49-41(53)33-17-19-35-40-36(20-18-34(39(33)40)42(49)54)44(56)50(43(35)55)30-10-28-48(2)26-8-24-46-38(52)22-16-32-13-5-6-14-32/h3-6,11,13,17-20H,7-10,12,14-16,21-30H2,1-2H3,(H,45,51)(H,46,52). The Morgan fingerprint density at radius 3 is 1.27 bits per heavy atom.